The van der Waals surface area contributed by atoms with E-state index < -0.39 is 0 Å². The number of carbonyl (C=O) groups excluding carboxylic acids is 1. The summed E-state index contributed by atoms with van der Waals surface area (Å²) in [5.74, 6) is 1.22. The van der Waals surface area contributed by atoms with E-state index in [4.69, 9.17) is 10.5 Å². The van der Waals surface area contributed by atoms with Crippen molar-refractivity contribution in [2.45, 2.75) is 18.6 Å². The lowest BCUT2D eigenvalue weighted by molar-refractivity contribution is -0.118. The van der Waals surface area contributed by atoms with Crippen LogP contribution in [0.25, 0.3) is 11.0 Å². The van der Waals surface area contributed by atoms with Crippen LogP contribution in [0.2, 0.25) is 0 Å². The molecule has 0 aliphatic rings. The van der Waals surface area contributed by atoms with Gasteiger partial charge in [0, 0.05) is 5.75 Å². The van der Waals surface area contributed by atoms with Gasteiger partial charge >= 0.3 is 0 Å². The fourth-order valence-corrected chi connectivity index (χ4v) is 3.30. The molecule has 2 aromatic carbocycles. The van der Waals surface area contributed by atoms with Crippen molar-refractivity contribution in [2.24, 2.45) is 5.73 Å². The number of ether oxygens (including phenoxy) is 1. The second-order valence-electron chi connectivity index (χ2n) is 5.45. The van der Waals surface area contributed by atoms with Crippen LogP contribution in [0.5, 0.6) is 5.75 Å². The van der Waals surface area contributed by atoms with Gasteiger partial charge < -0.3 is 15.0 Å². The molecule has 2 N–H and O–H groups in total. The summed E-state index contributed by atoms with van der Waals surface area (Å²) in [6.45, 7) is 2.73. The number of hydrogen-bond acceptors (Lipinski definition) is 4. The summed E-state index contributed by atoms with van der Waals surface area (Å²) in [6, 6.07) is 15.7. The van der Waals surface area contributed by atoms with Crippen LogP contribution in [0.1, 0.15) is 5.56 Å². The van der Waals surface area contributed by atoms with E-state index in [-0.39, 0.29) is 12.5 Å². The minimum atomic E-state index is -0.379. The quantitative estimate of drug-likeness (QED) is 0.530. The van der Waals surface area contributed by atoms with E-state index in [2.05, 4.69) is 4.98 Å². The largest absolute Gasteiger partial charge is 0.493 e. The molecule has 0 aliphatic carbocycles. The van der Waals surface area contributed by atoms with Crippen molar-refractivity contribution in [3.05, 3.63) is 54.1 Å². The summed E-state index contributed by atoms with van der Waals surface area (Å²) in [4.78, 5) is 15.9. The maximum atomic E-state index is 11.3. The van der Waals surface area contributed by atoms with Gasteiger partial charge in [-0.25, -0.2) is 4.98 Å². The van der Waals surface area contributed by atoms with Crippen LogP contribution in [0.15, 0.2) is 53.7 Å². The number of primary amides is 1. The van der Waals surface area contributed by atoms with Crippen molar-refractivity contribution in [2.75, 3.05) is 12.4 Å². The van der Waals surface area contributed by atoms with Gasteiger partial charge in [0.1, 0.15) is 12.3 Å². The molecule has 0 fully saturated rings. The molecular weight excluding hydrogens is 322 g/mol. The zero-order valence-corrected chi connectivity index (χ0v) is 14.3. The van der Waals surface area contributed by atoms with Crippen LogP contribution in [0.3, 0.4) is 0 Å². The molecule has 5 nitrogen and oxygen atoms in total. The second-order valence-corrected chi connectivity index (χ2v) is 6.51. The van der Waals surface area contributed by atoms with Crippen molar-refractivity contribution >= 4 is 28.7 Å². The third kappa shape index (κ3) is 3.89. The molecule has 1 amide bonds. The average Bonchev–Trinajstić information content (AvgIpc) is 2.89. The SMILES string of the molecule is Cc1cccc(OCCSc2nc3ccccc3n2CC(N)=O)c1. The number of fused-ring (bicyclic) bond motifs is 1. The predicted octanol–water partition coefficient (Wildman–Crippen LogP) is 3.00. The highest BCUT2D eigenvalue weighted by Crippen LogP contribution is 2.24. The molecule has 0 spiro atoms. The second kappa shape index (κ2) is 7.40. The number of hydrogen-bond donors (Lipinski definition) is 1. The Morgan fingerprint density at radius 2 is 2.08 bits per heavy atom. The van der Waals surface area contributed by atoms with Crippen molar-refractivity contribution in [1.29, 1.82) is 0 Å². The Balaban J connectivity index is 1.67. The molecule has 3 rings (SSSR count). The van der Waals surface area contributed by atoms with E-state index in [0.29, 0.717) is 6.61 Å². The normalized spacial score (nSPS) is 10.9. The van der Waals surface area contributed by atoms with Gasteiger partial charge in [0.15, 0.2) is 5.16 Å². The Morgan fingerprint density at radius 3 is 2.88 bits per heavy atom. The van der Waals surface area contributed by atoms with Gasteiger partial charge in [-0.05, 0) is 36.8 Å². The van der Waals surface area contributed by atoms with Crippen LogP contribution in [-0.4, -0.2) is 27.8 Å². The fraction of sp³-hybridized carbons (Fsp3) is 0.222. The first-order chi connectivity index (χ1) is 11.6. The minimum absolute atomic E-state index is 0.127. The van der Waals surface area contributed by atoms with Crippen LogP contribution in [0, 0.1) is 6.92 Å². The molecule has 0 aliphatic heterocycles. The summed E-state index contributed by atoms with van der Waals surface area (Å²) < 4.78 is 7.61. The van der Waals surface area contributed by atoms with Crippen molar-refractivity contribution in [3.63, 3.8) is 0 Å². The topological polar surface area (TPSA) is 70.1 Å². The van der Waals surface area contributed by atoms with E-state index in [1.165, 1.54) is 5.56 Å². The first-order valence-electron chi connectivity index (χ1n) is 7.69. The van der Waals surface area contributed by atoms with Gasteiger partial charge in [-0.2, -0.15) is 0 Å². The number of aryl methyl sites for hydroxylation is 1. The number of imidazole rings is 1. The maximum Gasteiger partial charge on any atom is 0.237 e. The molecule has 124 valence electrons. The molecule has 1 heterocycles. The molecule has 0 unspecified atom stereocenters. The van der Waals surface area contributed by atoms with E-state index in [1.807, 2.05) is 60.0 Å². The van der Waals surface area contributed by atoms with Gasteiger partial charge in [0.05, 0.1) is 17.6 Å². The highest BCUT2D eigenvalue weighted by atomic mass is 32.2. The summed E-state index contributed by atoms with van der Waals surface area (Å²) in [5, 5.41) is 0.780. The first kappa shape index (κ1) is 16.4. The lowest BCUT2D eigenvalue weighted by Crippen LogP contribution is -2.19. The van der Waals surface area contributed by atoms with Crippen LogP contribution in [-0.2, 0) is 11.3 Å². The number of benzene rings is 2. The first-order valence-corrected chi connectivity index (χ1v) is 8.68. The average molecular weight is 341 g/mol. The number of thioether (sulfide) groups is 1. The standard InChI is InChI=1S/C18H19N3O2S/c1-13-5-4-6-14(11-13)23-9-10-24-18-20-15-7-2-3-8-16(15)21(18)12-17(19)22/h2-8,11H,9-10,12H2,1H3,(H2,19,22). The molecule has 6 heteroatoms. The van der Waals surface area contributed by atoms with Gasteiger partial charge in [-0.3, -0.25) is 4.79 Å². The van der Waals surface area contributed by atoms with Gasteiger partial charge in [0.2, 0.25) is 5.91 Å². The van der Waals surface area contributed by atoms with Crippen LogP contribution < -0.4 is 10.5 Å². The lowest BCUT2D eigenvalue weighted by Gasteiger charge is -2.08. The molecular formula is C18H19N3O2S. The molecule has 0 bridgehead atoms. The summed E-state index contributed by atoms with van der Waals surface area (Å²) in [5.41, 5.74) is 8.31. The Hall–Kier alpha value is -2.47. The Morgan fingerprint density at radius 1 is 1.25 bits per heavy atom. The maximum absolute atomic E-state index is 11.3. The summed E-state index contributed by atoms with van der Waals surface area (Å²) in [7, 11) is 0. The zero-order valence-electron chi connectivity index (χ0n) is 13.4. The number of para-hydroxylation sites is 2. The van der Waals surface area contributed by atoms with E-state index in [0.717, 1.165) is 27.7 Å². The smallest absolute Gasteiger partial charge is 0.237 e. The number of rotatable bonds is 7. The van der Waals surface area contributed by atoms with E-state index >= 15 is 0 Å². The fourth-order valence-electron chi connectivity index (χ4n) is 2.47. The molecule has 0 radical (unpaired) electrons. The van der Waals surface area contributed by atoms with E-state index in [1.54, 1.807) is 11.8 Å². The number of carbonyl (C=O) groups is 1. The predicted molar refractivity (Wildman–Crippen MR) is 96.3 cm³/mol. The molecule has 0 saturated carbocycles. The summed E-state index contributed by atoms with van der Waals surface area (Å²) >= 11 is 1.56. The number of aromatic nitrogens is 2. The Bertz CT molecular complexity index is 860. The van der Waals surface area contributed by atoms with Crippen molar-refractivity contribution in [1.82, 2.24) is 9.55 Å². The monoisotopic (exact) mass is 341 g/mol. The van der Waals surface area contributed by atoms with Gasteiger partial charge in [-0.15, -0.1) is 0 Å². The number of amides is 1. The third-order valence-corrected chi connectivity index (χ3v) is 4.45. The van der Waals surface area contributed by atoms with Crippen molar-refractivity contribution < 1.29 is 9.53 Å². The van der Waals surface area contributed by atoms with Crippen molar-refractivity contribution in [3.8, 4) is 5.75 Å². The molecule has 1 aromatic heterocycles. The molecule has 24 heavy (non-hydrogen) atoms. The molecule has 3 aromatic rings. The minimum Gasteiger partial charge on any atom is -0.493 e. The zero-order chi connectivity index (χ0) is 16.9. The van der Waals surface area contributed by atoms with E-state index in [9.17, 15) is 4.79 Å². The molecule has 0 saturated heterocycles. The number of nitrogens with zero attached hydrogens (tertiary/aromatic N) is 2. The third-order valence-electron chi connectivity index (χ3n) is 3.51. The molecule has 0 atom stereocenters. The number of nitrogens with two attached hydrogens (primary N) is 1. The van der Waals surface area contributed by atoms with Gasteiger partial charge in [0.25, 0.3) is 0 Å². The summed E-state index contributed by atoms with van der Waals surface area (Å²) in [6.07, 6.45) is 0. The highest BCUT2D eigenvalue weighted by molar-refractivity contribution is 7.99. The highest BCUT2D eigenvalue weighted by Gasteiger charge is 2.12. The van der Waals surface area contributed by atoms with Crippen LogP contribution >= 0.6 is 11.8 Å². The Kier molecular flexibility index (Phi) is 5.05. The Labute approximate surface area is 144 Å². The van der Waals surface area contributed by atoms with Gasteiger partial charge in [-0.1, -0.05) is 36.0 Å². The lowest BCUT2D eigenvalue weighted by atomic mass is 10.2. The van der Waals surface area contributed by atoms with Crippen LogP contribution in [0.4, 0.5) is 0 Å².